The molecule has 0 saturated heterocycles. The van der Waals surface area contributed by atoms with Crippen molar-refractivity contribution in [3.63, 3.8) is 0 Å². The van der Waals surface area contributed by atoms with Gasteiger partial charge in [0.1, 0.15) is 12.2 Å². The third-order valence-electron chi connectivity index (χ3n) is 5.33. The number of ether oxygens (including phenoxy) is 1. The Labute approximate surface area is 178 Å². The van der Waals surface area contributed by atoms with Crippen LogP contribution in [0.5, 0.6) is 0 Å². The van der Waals surface area contributed by atoms with E-state index >= 15 is 0 Å². The predicted molar refractivity (Wildman–Crippen MR) is 126 cm³/mol. The van der Waals surface area contributed by atoms with Gasteiger partial charge in [-0.05, 0) is 58.1 Å². The van der Waals surface area contributed by atoms with Gasteiger partial charge in [-0.2, -0.15) is 0 Å². The highest BCUT2D eigenvalue weighted by Crippen LogP contribution is 2.36. The third kappa shape index (κ3) is 5.93. The van der Waals surface area contributed by atoms with Crippen LogP contribution in [0.15, 0.2) is 72.8 Å². The van der Waals surface area contributed by atoms with Crippen LogP contribution in [0.1, 0.15) is 89.9 Å². The van der Waals surface area contributed by atoms with E-state index in [4.69, 9.17) is 4.74 Å². The van der Waals surface area contributed by atoms with E-state index in [1.807, 2.05) is 13.8 Å². The maximum Gasteiger partial charge on any atom is 0.104 e. The van der Waals surface area contributed by atoms with Gasteiger partial charge in [-0.25, -0.2) is 0 Å². The first-order valence-corrected chi connectivity index (χ1v) is 10.5. The lowest BCUT2D eigenvalue weighted by atomic mass is 9.86. The van der Waals surface area contributed by atoms with Gasteiger partial charge in [0.05, 0.1) is 0 Å². The van der Waals surface area contributed by atoms with E-state index in [2.05, 4.69) is 103 Å². The molecular weight excluding hydrogens is 352 g/mol. The van der Waals surface area contributed by atoms with Crippen molar-refractivity contribution in [1.29, 1.82) is 0 Å². The average molecular weight is 391 g/mol. The van der Waals surface area contributed by atoms with Gasteiger partial charge in [-0.1, -0.05) is 103 Å². The van der Waals surface area contributed by atoms with Gasteiger partial charge in [0, 0.05) is 0 Å². The molecule has 0 aliphatic carbocycles. The second-order valence-electron chi connectivity index (χ2n) is 10.3. The van der Waals surface area contributed by atoms with Gasteiger partial charge in [0.15, 0.2) is 0 Å². The van der Waals surface area contributed by atoms with Crippen LogP contribution in [-0.4, -0.2) is 0 Å². The van der Waals surface area contributed by atoms with E-state index in [0.29, 0.717) is 0 Å². The lowest BCUT2D eigenvalue weighted by Crippen LogP contribution is -2.15. The van der Waals surface area contributed by atoms with E-state index in [1.165, 1.54) is 11.1 Å². The van der Waals surface area contributed by atoms with E-state index in [0.717, 1.165) is 22.3 Å². The Kier molecular flexibility index (Phi) is 6.96. The second-order valence-corrected chi connectivity index (χ2v) is 10.3. The minimum atomic E-state index is -0.173. The minimum absolute atomic E-state index is 0.132. The van der Waals surface area contributed by atoms with Crippen LogP contribution < -0.4 is 0 Å². The molecule has 2 aromatic rings. The SMILES string of the molecule is C=C(C)C(OC(C(=C)C)c1ccc(C(C)(C)C)cc1)c1ccc(C(C)(C)C)cc1. The Morgan fingerprint density at radius 1 is 0.621 bits per heavy atom. The molecule has 0 aliphatic heterocycles. The molecule has 0 aliphatic rings. The molecule has 0 fully saturated rings. The molecule has 156 valence electrons. The van der Waals surface area contributed by atoms with Crippen LogP contribution in [0.4, 0.5) is 0 Å². The first kappa shape index (κ1) is 23.2. The topological polar surface area (TPSA) is 9.23 Å². The summed E-state index contributed by atoms with van der Waals surface area (Å²) in [5.41, 5.74) is 7.13. The van der Waals surface area contributed by atoms with Gasteiger partial charge in [0.25, 0.3) is 0 Å². The third-order valence-corrected chi connectivity index (χ3v) is 5.33. The minimum Gasteiger partial charge on any atom is -0.357 e. The summed E-state index contributed by atoms with van der Waals surface area (Å²) in [6, 6.07) is 17.4. The molecule has 1 nitrogen and oxygen atoms in total. The summed E-state index contributed by atoms with van der Waals surface area (Å²) in [6.45, 7) is 25.8. The summed E-state index contributed by atoms with van der Waals surface area (Å²) in [7, 11) is 0. The fourth-order valence-corrected chi connectivity index (χ4v) is 3.41. The fourth-order valence-electron chi connectivity index (χ4n) is 3.41. The molecular formula is C28H38O. The molecule has 0 bridgehead atoms. The Morgan fingerprint density at radius 3 is 1.10 bits per heavy atom. The molecule has 0 aromatic heterocycles. The van der Waals surface area contributed by atoms with Crippen LogP contribution in [-0.2, 0) is 15.6 Å². The summed E-state index contributed by atoms with van der Waals surface area (Å²) in [5.74, 6) is 0. The monoisotopic (exact) mass is 390 g/mol. The zero-order valence-corrected chi connectivity index (χ0v) is 19.6. The van der Waals surface area contributed by atoms with Gasteiger partial charge < -0.3 is 4.74 Å². The van der Waals surface area contributed by atoms with E-state index in [9.17, 15) is 0 Å². The average Bonchev–Trinajstić information content (AvgIpc) is 2.60. The Balaban J connectivity index is 2.33. The Hall–Kier alpha value is -2.12. The van der Waals surface area contributed by atoms with Crippen molar-refractivity contribution in [2.75, 3.05) is 0 Å². The maximum absolute atomic E-state index is 6.60. The zero-order chi connectivity index (χ0) is 22.0. The number of benzene rings is 2. The molecule has 0 N–H and O–H groups in total. The second kappa shape index (κ2) is 8.71. The summed E-state index contributed by atoms with van der Waals surface area (Å²) < 4.78 is 6.60. The Bertz CT molecular complexity index is 766. The summed E-state index contributed by atoms with van der Waals surface area (Å²) >= 11 is 0. The molecule has 2 atom stereocenters. The molecule has 0 saturated carbocycles. The van der Waals surface area contributed by atoms with Crippen molar-refractivity contribution in [1.82, 2.24) is 0 Å². The van der Waals surface area contributed by atoms with Crippen LogP contribution >= 0.6 is 0 Å². The van der Waals surface area contributed by atoms with Crippen molar-refractivity contribution in [2.45, 2.75) is 78.4 Å². The predicted octanol–water partition coefficient (Wildman–Crippen LogP) is 8.23. The highest BCUT2D eigenvalue weighted by molar-refractivity contribution is 5.34. The molecule has 2 rings (SSSR count). The van der Waals surface area contributed by atoms with Gasteiger partial charge in [-0.15, -0.1) is 0 Å². The number of hydrogen-bond donors (Lipinski definition) is 0. The molecule has 0 spiro atoms. The highest BCUT2D eigenvalue weighted by Gasteiger charge is 2.23. The van der Waals surface area contributed by atoms with Crippen LogP contribution in [0.2, 0.25) is 0 Å². The van der Waals surface area contributed by atoms with Crippen molar-refractivity contribution in [2.24, 2.45) is 0 Å². The van der Waals surface area contributed by atoms with E-state index in [-0.39, 0.29) is 23.0 Å². The van der Waals surface area contributed by atoms with Gasteiger partial charge in [-0.3, -0.25) is 0 Å². The number of hydrogen-bond acceptors (Lipinski definition) is 1. The van der Waals surface area contributed by atoms with E-state index < -0.39 is 0 Å². The van der Waals surface area contributed by atoms with Gasteiger partial charge >= 0.3 is 0 Å². The lowest BCUT2D eigenvalue weighted by molar-refractivity contribution is 0.0267. The van der Waals surface area contributed by atoms with E-state index in [1.54, 1.807) is 0 Å². The van der Waals surface area contributed by atoms with Crippen molar-refractivity contribution >= 4 is 0 Å². The summed E-state index contributed by atoms with van der Waals surface area (Å²) in [4.78, 5) is 0. The van der Waals surface area contributed by atoms with Crippen molar-refractivity contribution in [3.05, 3.63) is 95.1 Å². The van der Waals surface area contributed by atoms with Crippen LogP contribution in [0, 0.1) is 0 Å². The molecule has 2 unspecified atom stereocenters. The lowest BCUT2D eigenvalue weighted by Gasteiger charge is -2.28. The van der Waals surface area contributed by atoms with Crippen LogP contribution in [0.25, 0.3) is 0 Å². The molecule has 0 heterocycles. The molecule has 0 amide bonds. The van der Waals surface area contributed by atoms with Crippen LogP contribution in [0.3, 0.4) is 0 Å². The molecule has 29 heavy (non-hydrogen) atoms. The zero-order valence-electron chi connectivity index (χ0n) is 19.6. The molecule has 0 radical (unpaired) electrons. The van der Waals surface area contributed by atoms with Crippen molar-refractivity contribution < 1.29 is 4.74 Å². The largest absolute Gasteiger partial charge is 0.357 e. The highest BCUT2D eigenvalue weighted by atomic mass is 16.5. The summed E-state index contributed by atoms with van der Waals surface area (Å²) in [6.07, 6.45) is -0.346. The smallest absolute Gasteiger partial charge is 0.104 e. The quantitative estimate of drug-likeness (QED) is 0.451. The number of rotatable bonds is 6. The Morgan fingerprint density at radius 2 is 0.897 bits per heavy atom. The maximum atomic E-state index is 6.60. The fraction of sp³-hybridized carbons (Fsp3) is 0.429. The van der Waals surface area contributed by atoms with Gasteiger partial charge in [0.2, 0.25) is 0 Å². The first-order chi connectivity index (χ1) is 13.3. The molecule has 2 aromatic carbocycles. The molecule has 1 heteroatoms. The van der Waals surface area contributed by atoms with Crippen molar-refractivity contribution in [3.8, 4) is 0 Å². The standard InChI is InChI=1S/C28H38O/c1-19(2)25(21-11-15-23(16-12-21)27(5,6)7)29-26(20(3)4)22-13-17-24(18-14-22)28(8,9)10/h11-18,25-26H,1,3H2,2,4-10H3. The normalized spacial score (nSPS) is 14.3. The first-order valence-electron chi connectivity index (χ1n) is 10.5. The summed E-state index contributed by atoms with van der Waals surface area (Å²) in [5, 5.41) is 0.